The summed E-state index contributed by atoms with van der Waals surface area (Å²) in [6.07, 6.45) is 2.99. The molecule has 19 heavy (non-hydrogen) atoms. The Hall–Kier alpha value is -1.94. The fourth-order valence-electron chi connectivity index (χ4n) is 1.91. The van der Waals surface area contributed by atoms with E-state index in [0.717, 1.165) is 34.2 Å². The Morgan fingerprint density at radius 2 is 2.05 bits per heavy atom. The van der Waals surface area contributed by atoms with Crippen molar-refractivity contribution in [2.45, 2.75) is 13.3 Å². The van der Waals surface area contributed by atoms with Gasteiger partial charge in [0.25, 0.3) is 0 Å². The quantitative estimate of drug-likeness (QED) is 0.772. The summed E-state index contributed by atoms with van der Waals surface area (Å²) in [5.41, 5.74) is 2.01. The zero-order valence-corrected chi connectivity index (χ0v) is 11.6. The first-order chi connectivity index (χ1) is 9.36. The van der Waals surface area contributed by atoms with Crippen molar-refractivity contribution in [3.8, 4) is 10.6 Å². The van der Waals surface area contributed by atoms with Gasteiger partial charge in [0, 0.05) is 18.1 Å². The number of benzene rings is 1. The molecule has 0 fully saturated rings. The first-order valence-corrected chi connectivity index (χ1v) is 7.24. The number of aromatic nitrogens is 2. The highest BCUT2D eigenvalue weighted by Gasteiger charge is 2.06. The number of hydrogen-bond donors (Lipinski definition) is 1. The summed E-state index contributed by atoms with van der Waals surface area (Å²) in [4.78, 5) is 10.2. The van der Waals surface area contributed by atoms with E-state index in [2.05, 4.69) is 40.4 Å². The molecule has 2 aromatic heterocycles. The minimum Gasteiger partial charge on any atom is -0.362 e. The molecule has 0 aliphatic carbocycles. The second-order valence-corrected chi connectivity index (χ2v) is 5.38. The Morgan fingerprint density at radius 3 is 2.95 bits per heavy atom. The molecule has 1 aromatic carbocycles. The van der Waals surface area contributed by atoms with Crippen molar-refractivity contribution in [2.75, 3.05) is 11.9 Å². The van der Waals surface area contributed by atoms with Crippen LogP contribution in [0, 0.1) is 0 Å². The van der Waals surface area contributed by atoms with E-state index in [4.69, 9.17) is 0 Å². The van der Waals surface area contributed by atoms with Gasteiger partial charge in [-0.2, -0.15) is 0 Å². The zero-order chi connectivity index (χ0) is 13.1. The van der Waals surface area contributed by atoms with Gasteiger partial charge in [-0.3, -0.25) is 0 Å². The molecular weight excluding hydrogens is 254 g/mol. The van der Waals surface area contributed by atoms with Gasteiger partial charge in [-0.15, -0.1) is 0 Å². The van der Waals surface area contributed by atoms with Crippen molar-refractivity contribution < 1.29 is 0 Å². The number of pyridine rings is 1. The van der Waals surface area contributed by atoms with Crippen molar-refractivity contribution in [1.29, 1.82) is 0 Å². The van der Waals surface area contributed by atoms with Crippen LogP contribution in [0.5, 0.6) is 0 Å². The molecule has 4 heteroatoms. The number of thiazole rings is 1. The molecule has 0 amide bonds. The number of nitrogens with one attached hydrogen (secondary N) is 1. The highest BCUT2D eigenvalue weighted by atomic mass is 32.1. The molecule has 0 aliphatic heterocycles. The first kappa shape index (κ1) is 12.1. The number of rotatable bonds is 4. The maximum absolute atomic E-state index is 4.68. The van der Waals surface area contributed by atoms with Gasteiger partial charge in [0.2, 0.25) is 0 Å². The Bertz CT molecular complexity index is 690. The normalized spacial score (nSPS) is 10.8. The number of para-hydroxylation sites is 1. The SMILES string of the molecule is CCCNc1ncc(-c2ccc3ccccc3n2)s1. The molecule has 3 rings (SSSR count). The van der Waals surface area contributed by atoms with Gasteiger partial charge < -0.3 is 5.32 Å². The Kier molecular flexibility index (Phi) is 3.42. The van der Waals surface area contributed by atoms with Gasteiger partial charge in [-0.05, 0) is 18.6 Å². The zero-order valence-electron chi connectivity index (χ0n) is 10.8. The van der Waals surface area contributed by atoms with E-state index >= 15 is 0 Å². The van der Waals surface area contributed by atoms with Crippen LogP contribution in [0.3, 0.4) is 0 Å². The average molecular weight is 269 g/mol. The lowest BCUT2D eigenvalue weighted by Crippen LogP contribution is -1.97. The third kappa shape index (κ3) is 2.58. The highest BCUT2D eigenvalue weighted by molar-refractivity contribution is 7.18. The Balaban J connectivity index is 1.92. The maximum Gasteiger partial charge on any atom is 0.183 e. The summed E-state index contributed by atoms with van der Waals surface area (Å²) in [6.45, 7) is 3.10. The summed E-state index contributed by atoms with van der Waals surface area (Å²) in [5.74, 6) is 0. The highest BCUT2D eigenvalue weighted by Crippen LogP contribution is 2.28. The van der Waals surface area contributed by atoms with Crippen molar-refractivity contribution >= 4 is 27.4 Å². The van der Waals surface area contributed by atoms with Crippen molar-refractivity contribution in [3.05, 3.63) is 42.6 Å². The van der Waals surface area contributed by atoms with E-state index in [9.17, 15) is 0 Å². The van der Waals surface area contributed by atoms with E-state index in [1.54, 1.807) is 11.3 Å². The smallest absolute Gasteiger partial charge is 0.183 e. The van der Waals surface area contributed by atoms with Gasteiger partial charge in [-0.25, -0.2) is 9.97 Å². The molecule has 0 saturated carbocycles. The molecule has 3 nitrogen and oxygen atoms in total. The Morgan fingerprint density at radius 1 is 1.16 bits per heavy atom. The van der Waals surface area contributed by atoms with Crippen LogP contribution >= 0.6 is 11.3 Å². The molecule has 0 unspecified atom stereocenters. The van der Waals surface area contributed by atoms with E-state index in [1.165, 1.54) is 5.39 Å². The predicted molar refractivity (Wildman–Crippen MR) is 81.6 cm³/mol. The first-order valence-electron chi connectivity index (χ1n) is 6.42. The van der Waals surface area contributed by atoms with Crippen LogP contribution in [0.15, 0.2) is 42.6 Å². The van der Waals surface area contributed by atoms with Crippen LogP contribution in [-0.2, 0) is 0 Å². The average Bonchev–Trinajstić information content (AvgIpc) is 2.93. The van der Waals surface area contributed by atoms with Crippen molar-refractivity contribution in [2.24, 2.45) is 0 Å². The fraction of sp³-hybridized carbons (Fsp3) is 0.200. The molecule has 1 N–H and O–H groups in total. The lowest BCUT2D eigenvalue weighted by molar-refractivity contribution is 0.976. The van der Waals surface area contributed by atoms with Gasteiger partial charge >= 0.3 is 0 Å². The molecule has 0 bridgehead atoms. The predicted octanol–water partition coefficient (Wildman–Crippen LogP) is 4.18. The molecule has 0 radical (unpaired) electrons. The minimum absolute atomic E-state index is 0.956. The third-order valence-electron chi connectivity index (χ3n) is 2.88. The molecule has 0 aliphatic rings. The lowest BCUT2D eigenvalue weighted by Gasteiger charge is -2.00. The molecule has 0 atom stereocenters. The number of hydrogen-bond acceptors (Lipinski definition) is 4. The molecule has 2 heterocycles. The van der Waals surface area contributed by atoms with Crippen LogP contribution in [0.25, 0.3) is 21.5 Å². The van der Waals surface area contributed by atoms with Gasteiger partial charge in [0.1, 0.15) is 0 Å². The van der Waals surface area contributed by atoms with E-state index < -0.39 is 0 Å². The standard InChI is InChI=1S/C15H15N3S/c1-2-9-16-15-17-10-14(19-15)13-8-7-11-5-3-4-6-12(11)18-13/h3-8,10H,2,9H2,1H3,(H,16,17). The van der Waals surface area contributed by atoms with Crippen molar-refractivity contribution in [1.82, 2.24) is 9.97 Å². The topological polar surface area (TPSA) is 37.8 Å². The van der Waals surface area contributed by atoms with Crippen molar-refractivity contribution in [3.63, 3.8) is 0 Å². The maximum atomic E-state index is 4.68. The summed E-state index contributed by atoms with van der Waals surface area (Å²) in [5, 5.41) is 5.43. The van der Waals surface area contributed by atoms with Crippen LogP contribution in [0.1, 0.15) is 13.3 Å². The molecule has 3 aromatic rings. The summed E-state index contributed by atoms with van der Waals surface area (Å²) in [6, 6.07) is 12.3. The van der Waals surface area contributed by atoms with E-state index in [-0.39, 0.29) is 0 Å². The monoisotopic (exact) mass is 269 g/mol. The van der Waals surface area contributed by atoms with E-state index in [1.807, 2.05) is 24.4 Å². The molecular formula is C15H15N3S. The lowest BCUT2D eigenvalue weighted by atomic mass is 10.2. The van der Waals surface area contributed by atoms with Crippen LogP contribution < -0.4 is 5.32 Å². The van der Waals surface area contributed by atoms with Gasteiger partial charge in [0.05, 0.1) is 16.1 Å². The number of fused-ring (bicyclic) bond motifs is 1. The van der Waals surface area contributed by atoms with Crippen LogP contribution in [0.4, 0.5) is 5.13 Å². The Labute approximate surface area is 116 Å². The van der Waals surface area contributed by atoms with Crippen LogP contribution in [0.2, 0.25) is 0 Å². The molecule has 0 spiro atoms. The number of anilines is 1. The second kappa shape index (κ2) is 5.36. The molecule has 96 valence electrons. The van der Waals surface area contributed by atoms with Crippen LogP contribution in [-0.4, -0.2) is 16.5 Å². The summed E-state index contributed by atoms with van der Waals surface area (Å²) < 4.78 is 0. The summed E-state index contributed by atoms with van der Waals surface area (Å²) in [7, 11) is 0. The minimum atomic E-state index is 0.956. The summed E-state index contributed by atoms with van der Waals surface area (Å²) >= 11 is 1.65. The molecule has 0 saturated heterocycles. The van der Waals surface area contributed by atoms with E-state index in [0.29, 0.717) is 0 Å². The van der Waals surface area contributed by atoms with Gasteiger partial charge in [-0.1, -0.05) is 42.5 Å². The largest absolute Gasteiger partial charge is 0.362 e. The van der Waals surface area contributed by atoms with Gasteiger partial charge in [0.15, 0.2) is 5.13 Å². The second-order valence-electron chi connectivity index (χ2n) is 4.35. The third-order valence-corrected chi connectivity index (χ3v) is 3.86. The fourth-order valence-corrected chi connectivity index (χ4v) is 2.72. The number of nitrogens with zero attached hydrogens (tertiary/aromatic N) is 2.